The average molecular weight is 143 g/mol. The van der Waals surface area contributed by atoms with Crippen molar-refractivity contribution in [2.45, 2.75) is 26.6 Å². The van der Waals surface area contributed by atoms with Gasteiger partial charge in [-0.1, -0.05) is 0 Å². The molecule has 0 aromatic rings. The molecule has 2 nitrogen and oxygen atoms in total. The molecule has 0 bridgehead atoms. The fraction of sp³-hybridized carbons (Fsp3) is 0.875. The molecule has 0 saturated heterocycles. The molecule has 1 atom stereocenters. The summed E-state index contributed by atoms with van der Waals surface area (Å²) in [6.45, 7) is 5.48. The van der Waals surface area contributed by atoms with E-state index < -0.39 is 0 Å². The topological polar surface area (TPSA) is 18.5 Å². The van der Waals surface area contributed by atoms with Crippen molar-refractivity contribution >= 4 is 0 Å². The normalized spacial score (nSPS) is 18.3. The molecule has 59 valence electrons. The zero-order valence-electron chi connectivity index (χ0n) is 6.67. The maximum atomic E-state index is 5.35. The van der Waals surface area contributed by atoms with Gasteiger partial charge >= 0.3 is 0 Å². The second-order valence-electron chi connectivity index (χ2n) is 2.41. The zero-order chi connectivity index (χ0) is 7.40. The summed E-state index contributed by atoms with van der Waals surface area (Å²) in [5, 5.41) is 0. The van der Waals surface area contributed by atoms with Crippen LogP contribution in [0.25, 0.3) is 0 Å². The van der Waals surface area contributed by atoms with E-state index in [0.717, 1.165) is 19.6 Å². The van der Waals surface area contributed by atoms with Gasteiger partial charge in [-0.3, -0.25) is 0 Å². The van der Waals surface area contributed by atoms with Crippen LogP contribution in [-0.4, -0.2) is 19.5 Å². The molecule has 0 aromatic heterocycles. The summed E-state index contributed by atoms with van der Waals surface area (Å²) in [6, 6.07) is 0. The summed E-state index contributed by atoms with van der Waals surface area (Å²) < 4.78 is 10.7. The van der Waals surface area contributed by atoms with Crippen LogP contribution in [-0.2, 0) is 9.47 Å². The molecule has 1 rings (SSSR count). The van der Waals surface area contributed by atoms with E-state index in [1.165, 1.54) is 0 Å². The van der Waals surface area contributed by atoms with Crippen LogP contribution in [0.1, 0.15) is 20.3 Å². The highest BCUT2D eigenvalue weighted by Gasteiger charge is 2.32. The number of hydrogen-bond acceptors (Lipinski definition) is 2. The van der Waals surface area contributed by atoms with Gasteiger partial charge in [-0.05, 0) is 26.7 Å². The molecule has 0 aromatic carbocycles. The van der Waals surface area contributed by atoms with Gasteiger partial charge in [0.2, 0.25) is 0 Å². The van der Waals surface area contributed by atoms with Crippen molar-refractivity contribution in [3.05, 3.63) is 6.42 Å². The minimum Gasteiger partial charge on any atom is -0.353 e. The van der Waals surface area contributed by atoms with Crippen molar-refractivity contribution in [1.29, 1.82) is 0 Å². The zero-order valence-corrected chi connectivity index (χ0v) is 6.67. The first kappa shape index (κ1) is 8.02. The summed E-state index contributed by atoms with van der Waals surface area (Å²) >= 11 is 0. The van der Waals surface area contributed by atoms with E-state index in [2.05, 4.69) is 6.42 Å². The van der Waals surface area contributed by atoms with Gasteiger partial charge in [-0.25, -0.2) is 0 Å². The van der Waals surface area contributed by atoms with Crippen LogP contribution in [0.15, 0.2) is 0 Å². The molecule has 0 aliphatic heterocycles. The van der Waals surface area contributed by atoms with Gasteiger partial charge in [0.25, 0.3) is 0 Å². The van der Waals surface area contributed by atoms with E-state index in [9.17, 15) is 0 Å². The molecule has 0 amide bonds. The summed E-state index contributed by atoms with van der Waals surface area (Å²) in [5.74, 6) is 0.569. The lowest BCUT2D eigenvalue weighted by molar-refractivity contribution is -0.145. The van der Waals surface area contributed by atoms with Gasteiger partial charge in [0.05, 0.1) is 0 Å². The van der Waals surface area contributed by atoms with Gasteiger partial charge in [0.15, 0.2) is 6.29 Å². The van der Waals surface area contributed by atoms with E-state index in [1.807, 2.05) is 13.8 Å². The molecule has 0 spiro atoms. The van der Waals surface area contributed by atoms with Crippen molar-refractivity contribution < 1.29 is 9.47 Å². The van der Waals surface area contributed by atoms with Gasteiger partial charge in [0, 0.05) is 19.1 Å². The number of ether oxygens (including phenoxy) is 2. The highest BCUT2D eigenvalue weighted by Crippen LogP contribution is 2.33. The predicted molar refractivity (Wildman–Crippen MR) is 39.4 cm³/mol. The Labute approximate surface area is 62.5 Å². The monoisotopic (exact) mass is 143 g/mol. The molecule has 1 aliphatic carbocycles. The third-order valence-electron chi connectivity index (χ3n) is 1.52. The maximum Gasteiger partial charge on any atom is 0.160 e. The second kappa shape index (κ2) is 3.94. The smallest absolute Gasteiger partial charge is 0.160 e. The van der Waals surface area contributed by atoms with Crippen molar-refractivity contribution in [1.82, 2.24) is 0 Å². The predicted octanol–water partition coefficient (Wildman–Crippen LogP) is 1.61. The molecule has 0 N–H and O–H groups in total. The van der Waals surface area contributed by atoms with E-state index >= 15 is 0 Å². The van der Waals surface area contributed by atoms with Crippen molar-refractivity contribution in [2.75, 3.05) is 13.2 Å². The Kier molecular flexibility index (Phi) is 3.16. The highest BCUT2D eigenvalue weighted by atomic mass is 16.7. The molecule has 1 fully saturated rings. The third-order valence-corrected chi connectivity index (χ3v) is 1.52. The Morgan fingerprint density at radius 3 is 2.20 bits per heavy atom. The fourth-order valence-corrected chi connectivity index (χ4v) is 0.925. The Balaban J connectivity index is 2.13. The minimum atomic E-state index is 0.0370. The van der Waals surface area contributed by atoms with Crippen LogP contribution in [0.3, 0.4) is 0 Å². The van der Waals surface area contributed by atoms with Gasteiger partial charge in [0.1, 0.15) is 0 Å². The Morgan fingerprint density at radius 2 is 1.90 bits per heavy atom. The molecule has 10 heavy (non-hydrogen) atoms. The average Bonchev–Trinajstić information content (AvgIpc) is 2.69. The van der Waals surface area contributed by atoms with E-state index in [1.54, 1.807) is 0 Å². The largest absolute Gasteiger partial charge is 0.353 e. The first-order chi connectivity index (χ1) is 4.88. The summed E-state index contributed by atoms with van der Waals surface area (Å²) in [4.78, 5) is 0. The molecule has 1 saturated carbocycles. The van der Waals surface area contributed by atoms with Gasteiger partial charge in [-0.2, -0.15) is 0 Å². The molecule has 1 radical (unpaired) electrons. The maximum absolute atomic E-state index is 5.35. The first-order valence-electron chi connectivity index (χ1n) is 3.95. The summed E-state index contributed by atoms with van der Waals surface area (Å²) in [6.07, 6.45) is 3.41. The van der Waals surface area contributed by atoms with Crippen molar-refractivity contribution in [3.63, 3.8) is 0 Å². The summed E-state index contributed by atoms with van der Waals surface area (Å²) in [5.41, 5.74) is 0. The lowest BCUT2D eigenvalue weighted by atomic mass is 10.4. The van der Waals surface area contributed by atoms with Crippen LogP contribution in [0.4, 0.5) is 0 Å². The van der Waals surface area contributed by atoms with Crippen LogP contribution in [0, 0.1) is 12.3 Å². The van der Waals surface area contributed by atoms with Crippen LogP contribution in [0.2, 0.25) is 0 Å². The van der Waals surface area contributed by atoms with Crippen LogP contribution < -0.4 is 0 Å². The van der Waals surface area contributed by atoms with E-state index in [0.29, 0.717) is 5.92 Å². The summed E-state index contributed by atoms with van der Waals surface area (Å²) in [7, 11) is 0. The van der Waals surface area contributed by atoms with Crippen molar-refractivity contribution in [2.24, 2.45) is 5.92 Å². The fourth-order valence-electron chi connectivity index (χ4n) is 0.925. The highest BCUT2D eigenvalue weighted by molar-refractivity contribution is 4.96. The SMILES string of the molecule is CCOC(OCC)C1[CH]C1. The lowest BCUT2D eigenvalue weighted by Crippen LogP contribution is -2.19. The molecule has 1 unspecified atom stereocenters. The Morgan fingerprint density at radius 1 is 1.40 bits per heavy atom. The molecular weight excluding hydrogens is 128 g/mol. The number of hydrogen-bond donors (Lipinski definition) is 0. The van der Waals surface area contributed by atoms with Gasteiger partial charge < -0.3 is 9.47 Å². The third kappa shape index (κ3) is 2.27. The second-order valence-corrected chi connectivity index (χ2v) is 2.41. The molecule has 0 heterocycles. The Hall–Kier alpha value is -0.0800. The quantitative estimate of drug-likeness (QED) is 0.544. The van der Waals surface area contributed by atoms with E-state index in [-0.39, 0.29) is 6.29 Å². The van der Waals surface area contributed by atoms with Crippen molar-refractivity contribution in [3.8, 4) is 0 Å². The standard InChI is InChI=1S/C8H15O2/c1-3-9-8(10-4-2)7-5-6-7/h5,7-8H,3-4,6H2,1-2H3. The Bertz CT molecular complexity index is 83.3. The molecule has 1 aliphatic rings. The molecular formula is C8H15O2. The minimum absolute atomic E-state index is 0.0370. The van der Waals surface area contributed by atoms with Crippen LogP contribution in [0.5, 0.6) is 0 Å². The molecule has 2 heteroatoms. The van der Waals surface area contributed by atoms with E-state index in [4.69, 9.17) is 9.47 Å². The first-order valence-corrected chi connectivity index (χ1v) is 3.95. The number of rotatable bonds is 5. The van der Waals surface area contributed by atoms with Crippen LogP contribution >= 0.6 is 0 Å². The lowest BCUT2D eigenvalue weighted by Gasteiger charge is -2.15. The van der Waals surface area contributed by atoms with Gasteiger partial charge in [-0.15, -0.1) is 0 Å².